The van der Waals surface area contributed by atoms with Gasteiger partial charge in [-0.1, -0.05) is 175 Å². The van der Waals surface area contributed by atoms with Gasteiger partial charge in [0.1, 0.15) is 53.0 Å². The molecule has 0 saturated heterocycles. The third kappa shape index (κ3) is 28.6. The number of pyridine rings is 1. The second-order valence-electron chi connectivity index (χ2n) is 30.0. The number of rotatable bonds is 35. The summed E-state index contributed by atoms with van der Waals surface area (Å²) in [6.07, 6.45) is 15.1. The van der Waals surface area contributed by atoms with Crippen molar-refractivity contribution in [2.45, 2.75) is 83.1 Å². The molecule has 0 radical (unpaired) electrons. The summed E-state index contributed by atoms with van der Waals surface area (Å²) < 4.78 is 20.0. The molecule has 10 amide bonds. The summed E-state index contributed by atoms with van der Waals surface area (Å²) in [5.74, 6) is -13.7. The molecule has 47 heteroatoms. The highest BCUT2D eigenvalue weighted by molar-refractivity contribution is 6.40. The molecule has 15 N–H and O–H groups in total. The van der Waals surface area contributed by atoms with Crippen LogP contribution in [0.2, 0.25) is 10.2 Å². The molecule has 15 rings (SSSR count). The zero-order valence-corrected chi connectivity index (χ0v) is 76.1. The van der Waals surface area contributed by atoms with E-state index in [0.717, 1.165) is 41.9 Å². The fourth-order valence-corrected chi connectivity index (χ4v) is 13.6. The van der Waals surface area contributed by atoms with Gasteiger partial charge in [0.2, 0.25) is 28.9 Å². The van der Waals surface area contributed by atoms with Crippen LogP contribution in [0.4, 0.5) is 4.39 Å². The van der Waals surface area contributed by atoms with Gasteiger partial charge in [0, 0.05) is 93.9 Å². The van der Waals surface area contributed by atoms with E-state index in [-0.39, 0.29) is 100 Å². The number of hydrogen-bond acceptors (Lipinski definition) is 29. The van der Waals surface area contributed by atoms with E-state index in [0.29, 0.717) is 17.1 Å². The second kappa shape index (κ2) is 49.4. The van der Waals surface area contributed by atoms with Gasteiger partial charge < -0.3 is 55.3 Å². The number of nitrogens with two attached hydrogens (primary N) is 5. The van der Waals surface area contributed by atoms with Crippen LogP contribution < -0.4 is 55.3 Å². The molecule has 5 atom stereocenters. The predicted octanol–water partition coefficient (Wildman–Crippen LogP) is 3.27. The van der Waals surface area contributed by atoms with Crippen molar-refractivity contribution in [1.29, 1.82) is 0 Å². The van der Waals surface area contributed by atoms with Gasteiger partial charge in [0.25, 0.3) is 82.9 Å². The van der Waals surface area contributed by atoms with E-state index in [1.807, 2.05) is 24.3 Å². The molecule has 10 heterocycles. The normalized spacial score (nSPS) is 11.6. The third-order valence-electron chi connectivity index (χ3n) is 19.7. The molecule has 0 saturated carbocycles. The molecule has 0 aliphatic heterocycles. The van der Waals surface area contributed by atoms with Crippen LogP contribution in [0.25, 0.3) is 29.6 Å². The van der Waals surface area contributed by atoms with E-state index in [1.54, 1.807) is 185 Å². The Morgan fingerprint density at radius 3 is 0.816 bits per heavy atom. The Balaban J connectivity index is 0.000000168. The van der Waals surface area contributed by atoms with Crippen LogP contribution in [-0.2, 0) is 80.0 Å². The average Bonchev–Trinajstić information content (AvgIpc) is 1.68. The summed E-state index contributed by atoms with van der Waals surface area (Å²) in [6, 6.07) is 53.9. The minimum absolute atomic E-state index is 0.00605. The molecule has 5 unspecified atom stereocenters. The van der Waals surface area contributed by atoms with E-state index in [4.69, 9.17) is 51.9 Å². The number of carbonyl (C=O) groups excluding carboxylic acids is 15. The SMILES string of the molecule is Cc1cc(C(=O)NC(Cc2ccccc2)C(=O)C(N)=O)n(-c2ncccc2F)n1.Cc1cc(C(=O)NC(Cc2ccccc2)C(=O)C(N)=O)n(-c2ncccn2)n1.Cc1cc(C(=O)NC(Cc2ccccc2)C(=O)C(N)=O)n(-c2ncccn2)n1.NC(=O)C(=O)C(Cc1ccccc1)NC(=O)c1c(Cl)cnn1-c1ncccn1.NC(=O)C(=O)C(Cc1ccccc1)NC(=O)c1cc(Cl)nn1-c1ncccn1. The summed E-state index contributed by atoms with van der Waals surface area (Å²) in [6.45, 7) is 5.06. The number of hydrogen-bond donors (Lipinski definition) is 10. The quantitative estimate of drug-likeness (QED) is 0.0255. The Morgan fingerprint density at radius 1 is 0.298 bits per heavy atom. The number of primary amides is 5. The maximum atomic E-state index is 14.1. The van der Waals surface area contributed by atoms with E-state index in [1.165, 1.54) is 95.6 Å². The molecule has 0 aliphatic carbocycles. The first-order chi connectivity index (χ1) is 67.7. The molecule has 0 spiro atoms. The standard InChI is InChI=1S/C20H18FN5O3.2C19H18N6O3.2C18H15ClN6O3/c1-12-10-16(26(25-12)19-14(21)8-5-9-23-19)20(29)24-15(17(27)18(22)28)11-13-6-3-2-4-7-13;2*1-12-10-15(25(24-12)19-21-8-5-9-22-19)18(28)23-14(16(26)17(20)27)11-13-6-3-2-4-7-13;19-12-10-23-25(18-21-7-4-8-22-18)14(12)17(28)24-13(15(26)16(20)27)9-11-5-2-1-3-6-11;19-14-10-13(25(24-14)18-21-7-4-8-22-18)17(28)23-12(15(26)16(20)27)9-11-5-2-1-3-6-11/h2-10,15H,11H2,1H3,(H2,22,28)(H,24,29);2*2-10,14H,11H2,1H3,(H2,20,27)(H,23,28);1-8,10,13H,9H2,(H2,20,27)(H,24,28);1-8,10,12H,9H2,(H2,20,27)(H,23,28). The number of halogens is 3. The monoisotopic (exact) mass is 1950 g/mol. The van der Waals surface area contributed by atoms with Crippen molar-refractivity contribution in [2.24, 2.45) is 28.7 Å². The number of ketones is 5. The lowest BCUT2D eigenvalue weighted by Gasteiger charge is -2.17. The molecular weight excluding hydrogens is 1870 g/mol. The molecule has 44 nitrogen and oxygen atoms in total. The molecule has 0 bridgehead atoms. The summed E-state index contributed by atoms with van der Waals surface area (Å²) in [7, 11) is 0. The number of aryl methyl sites for hydroxylation is 3. The fraction of sp³-hybridized carbons (Fsp3) is 0.138. The van der Waals surface area contributed by atoms with Gasteiger partial charge in [-0.2, -0.15) is 44.2 Å². The summed E-state index contributed by atoms with van der Waals surface area (Å²) in [5.41, 5.74) is 31.2. The highest BCUT2D eigenvalue weighted by Crippen LogP contribution is 2.22. The molecule has 0 fully saturated rings. The van der Waals surface area contributed by atoms with Gasteiger partial charge in [-0.3, -0.25) is 71.9 Å². The second-order valence-corrected chi connectivity index (χ2v) is 30.8. The number of benzene rings is 5. The van der Waals surface area contributed by atoms with Gasteiger partial charge in [-0.05, 0) is 103 Å². The van der Waals surface area contributed by atoms with E-state index in [9.17, 15) is 76.3 Å². The van der Waals surface area contributed by atoms with Crippen molar-refractivity contribution in [1.82, 2.24) is 120 Å². The van der Waals surface area contributed by atoms with E-state index >= 15 is 0 Å². The number of nitrogens with zero attached hydrogens (tertiary/aromatic N) is 19. The number of Topliss-reactive ketones (excluding diaryl/α,β-unsaturated/α-hetero) is 5. The Bertz CT molecular complexity index is 6560. The summed E-state index contributed by atoms with van der Waals surface area (Å²) in [4.78, 5) is 219. The van der Waals surface area contributed by atoms with Crippen LogP contribution in [0.5, 0.6) is 0 Å². The maximum Gasteiger partial charge on any atom is 0.287 e. The Morgan fingerprint density at radius 2 is 0.539 bits per heavy atom. The van der Waals surface area contributed by atoms with Crippen molar-refractivity contribution in [3.63, 3.8) is 0 Å². The lowest BCUT2D eigenvalue weighted by atomic mass is 10.0. The van der Waals surface area contributed by atoms with Crippen LogP contribution >= 0.6 is 23.2 Å². The predicted molar refractivity (Wildman–Crippen MR) is 500 cm³/mol. The van der Waals surface area contributed by atoms with Gasteiger partial charge in [-0.15, -0.1) is 0 Å². The molecule has 15 aromatic rings. The van der Waals surface area contributed by atoms with Crippen molar-refractivity contribution in [3.05, 3.63) is 364 Å². The lowest BCUT2D eigenvalue weighted by Crippen LogP contribution is -2.47. The van der Waals surface area contributed by atoms with Gasteiger partial charge in [0.05, 0.1) is 28.3 Å². The van der Waals surface area contributed by atoms with Crippen LogP contribution in [0.1, 0.15) is 97.3 Å². The molecule has 10 aromatic heterocycles. The van der Waals surface area contributed by atoms with Gasteiger partial charge in [0.15, 0.2) is 22.5 Å². The minimum atomic E-state index is -1.18. The summed E-state index contributed by atoms with van der Waals surface area (Å²) in [5, 5.41) is 33.3. The molecule has 5 aromatic carbocycles. The number of carbonyl (C=O) groups is 15. The average molecular weight is 1950 g/mol. The van der Waals surface area contributed by atoms with Crippen molar-refractivity contribution >= 4 is 111 Å². The molecule has 141 heavy (non-hydrogen) atoms. The maximum absolute atomic E-state index is 14.1. The van der Waals surface area contributed by atoms with Crippen LogP contribution in [0, 0.1) is 26.6 Å². The molecule has 0 aliphatic rings. The zero-order valence-electron chi connectivity index (χ0n) is 74.5. The Hall–Kier alpha value is -18.8. The minimum Gasteiger partial charge on any atom is -0.363 e. The van der Waals surface area contributed by atoms with E-state index in [2.05, 4.69) is 96.9 Å². The Labute approximate surface area is 808 Å². The van der Waals surface area contributed by atoms with Crippen LogP contribution in [0.3, 0.4) is 0 Å². The smallest absolute Gasteiger partial charge is 0.287 e. The first-order valence-electron chi connectivity index (χ1n) is 42.0. The molecular formula is C94H84Cl2FN29O15. The zero-order chi connectivity index (χ0) is 101. The largest absolute Gasteiger partial charge is 0.363 e. The summed E-state index contributed by atoms with van der Waals surface area (Å²) >= 11 is 12.0. The number of amides is 10. The fourth-order valence-electron chi connectivity index (χ4n) is 13.2. The van der Waals surface area contributed by atoms with Crippen molar-refractivity contribution < 1.29 is 76.3 Å². The van der Waals surface area contributed by atoms with Gasteiger partial charge >= 0.3 is 0 Å². The topological polar surface area (TPSA) is 651 Å². The highest BCUT2D eigenvalue weighted by Gasteiger charge is 2.35. The van der Waals surface area contributed by atoms with Crippen LogP contribution in [-0.4, -0.2) is 212 Å². The van der Waals surface area contributed by atoms with E-state index < -0.39 is 124 Å². The van der Waals surface area contributed by atoms with Gasteiger partial charge in [-0.25, -0.2) is 53.9 Å². The van der Waals surface area contributed by atoms with Crippen molar-refractivity contribution in [3.8, 4) is 29.6 Å². The third-order valence-corrected chi connectivity index (χ3v) is 20.1. The number of nitrogens with one attached hydrogen (secondary N) is 5. The molecule has 716 valence electrons. The first kappa shape index (κ1) is 103. The first-order valence-corrected chi connectivity index (χ1v) is 42.8. The lowest BCUT2D eigenvalue weighted by molar-refractivity contribution is -0.137. The number of aromatic nitrogens is 19. The highest BCUT2D eigenvalue weighted by atomic mass is 35.5. The van der Waals surface area contributed by atoms with Crippen LogP contribution in [0.15, 0.2) is 274 Å². The van der Waals surface area contributed by atoms with Crippen molar-refractivity contribution in [2.75, 3.05) is 0 Å². The Kier molecular flexibility index (Phi) is 36.0.